The maximum atomic E-state index is 10.1. The van der Waals surface area contributed by atoms with E-state index in [4.69, 9.17) is 10.9 Å². The molecular formula is C6H10N2O2. The van der Waals surface area contributed by atoms with E-state index in [2.05, 4.69) is 5.16 Å². The molecule has 0 bridgehead atoms. The summed E-state index contributed by atoms with van der Waals surface area (Å²) in [5.74, 6) is -0.495. The fourth-order valence-electron chi connectivity index (χ4n) is 0.386. The quantitative estimate of drug-likeness (QED) is 0.257. The number of amides is 1. The third-order valence-corrected chi connectivity index (χ3v) is 0.866. The van der Waals surface area contributed by atoms with Crippen molar-refractivity contribution in [3.05, 3.63) is 12.2 Å². The van der Waals surface area contributed by atoms with E-state index in [1.54, 1.807) is 6.92 Å². The van der Waals surface area contributed by atoms with Crippen LogP contribution in [0.25, 0.3) is 0 Å². The van der Waals surface area contributed by atoms with Crippen LogP contribution in [-0.4, -0.2) is 16.8 Å². The lowest BCUT2D eigenvalue weighted by Crippen LogP contribution is -2.05. The van der Waals surface area contributed by atoms with Gasteiger partial charge in [0.25, 0.3) is 0 Å². The van der Waals surface area contributed by atoms with Gasteiger partial charge in [0, 0.05) is 6.42 Å². The number of hydrogen-bond acceptors (Lipinski definition) is 3. The molecule has 0 rings (SSSR count). The van der Waals surface area contributed by atoms with Gasteiger partial charge in [0.05, 0.1) is 5.71 Å². The molecule has 0 radical (unpaired) electrons. The normalized spacial score (nSPS) is 12.3. The van der Waals surface area contributed by atoms with Crippen molar-refractivity contribution in [3.8, 4) is 0 Å². The lowest BCUT2D eigenvalue weighted by Gasteiger charge is -1.86. The number of nitrogens with two attached hydrogens (primary N) is 1. The van der Waals surface area contributed by atoms with Crippen LogP contribution in [0.1, 0.15) is 13.3 Å². The zero-order valence-corrected chi connectivity index (χ0v) is 5.74. The summed E-state index contributed by atoms with van der Waals surface area (Å²) in [6.07, 6.45) is 3.21. The Balaban J connectivity index is 3.64. The standard InChI is InChI=1S/C6H10N2O2/c1-5(8-10)3-2-4-6(7)9/h2,4,10H,3H2,1H3,(H2,7,9). The summed E-state index contributed by atoms with van der Waals surface area (Å²) in [5.41, 5.74) is 5.33. The molecule has 0 unspecified atom stereocenters. The lowest BCUT2D eigenvalue weighted by molar-refractivity contribution is -0.113. The van der Waals surface area contributed by atoms with E-state index in [0.29, 0.717) is 12.1 Å². The van der Waals surface area contributed by atoms with Crippen LogP contribution >= 0.6 is 0 Å². The SMILES string of the molecule is CC(CC=CC(N)=O)=NO. The van der Waals surface area contributed by atoms with Crippen molar-refractivity contribution in [3.63, 3.8) is 0 Å². The highest BCUT2D eigenvalue weighted by Crippen LogP contribution is 1.86. The van der Waals surface area contributed by atoms with E-state index < -0.39 is 5.91 Å². The smallest absolute Gasteiger partial charge is 0.241 e. The topological polar surface area (TPSA) is 75.7 Å². The molecule has 0 heterocycles. The van der Waals surface area contributed by atoms with Crippen LogP contribution in [0.3, 0.4) is 0 Å². The third-order valence-electron chi connectivity index (χ3n) is 0.866. The Morgan fingerprint density at radius 1 is 1.80 bits per heavy atom. The van der Waals surface area contributed by atoms with Crippen molar-refractivity contribution in [2.45, 2.75) is 13.3 Å². The molecule has 0 aromatic rings. The monoisotopic (exact) mass is 142 g/mol. The first-order valence-corrected chi connectivity index (χ1v) is 2.80. The van der Waals surface area contributed by atoms with Gasteiger partial charge in [-0.2, -0.15) is 0 Å². The number of nitrogens with zero attached hydrogens (tertiary/aromatic N) is 1. The summed E-state index contributed by atoms with van der Waals surface area (Å²) in [6, 6.07) is 0. The van der Waals surface area contributed by atoms with Crippen LogP contribution in [0.4, 0.5) is 0 Å². The minimum absolute atomic E-state index is 0.444. The number of allylic oxidation sites excluding steroid dienone is 1. The molecular weight excluding hydrogens is 132 g/mol. The molecule has 0 saturated heterocycles. The fourth-order valence-corrected chi connectivity index (χ4v) is 0.386. The molecule has 0 atom stereocenters. The first-order chi connectivity index (χ1) is 4.66. The van der Waals surface area contributed by atoms with Crippen LogP contribution in [0.2, 0.25) is 0 Å². The number of carbonyl (C=O) groups is 1. The predicted octanol–water partition coefficient (Wildman–Crippen LogP) is 0.268. The number of oxime groups is 1. The summed E-state index contributed by atoms with van der Waals surface area (Å²) in [6.45, 7) is 1.64. The van der Waals surface area contributed by atoms with E-state index in [1.807, 2.05) is 0 Å². The fraction of sp³-hybridized carbons (Fsp3) is 0.333. The van der Waals surface area contributed by atoms with Crippen molar-refractivity contribution in [1.29, 1.82) is 0 Å². The molecule has 0 saturated carbocycles. The van der Waals surface area contributed by atoms with Gasteiger partial charge in [0.15, 0.2) is 0 Å². The van der Waals surface area contributed by atoms with Crippen LogP contribution in [-0.2, 0) is 4.79 Å². The van der Waals surface area contributed by atoms with Crippen molar-refractivity contribution >= 4 is 11.6 Å². The Morgan fingerprint density at radius 3 is 2.80 bits per heavy atom. The van der Waals surface area contributed by atoms with Gasteiger partial charge in [-0.25, -0.2) is 0 Å². The summed E-state index contributed by atoms with van der Waals surface area (Å²) >= 11 is 0. The second-order valence-corrected chi connectivity index (χ2v) is 1.84. The summed E-state index contributed by atoms with van der Waals surface area (Å²) in [4.78, 5) is 10.1. The Morgan fingerprint density at radius 2 is 2.40 bits per heavy atom. The molecule has 0 aliphatic rings. The lowest BCUT2D eigenvalue weighted by atomic mass is 10.3. The molecule has 3 N–H and O–H groups in total. The van der Waals surface area contributed by atoms with Gasteiger partial charge < -0.3 is 10.9 Å². The summed E-state index contributed by atoms with van der Waals surface area (Å²) < 4.78 is 0. The maximum absolute atomic E-state index is 10.1. The average molecular weight is 142 g/mol. The second kappa shape index (κ2) is 4.55. The van der Waals surface area contributed by atoms with Crippen molar-refractivity contribution in [2.24, 2.45) is 10.9 Å². The number of carbonyl (C=O) groups excluding carboxylic acids is 1. The highest BCUT2D eigenvalue weighted by molar-refractivity contribution is 5.88. The zero-order valence-electron chi connectivity index (χ0n) is 5.74. The van der Waals surface area contributed by atoms with Gasteiger partial charge in [-0.05, 0) is 13.0 Å². The van der Waals surface area contributed by atoms with Crippen LogP contribution in [0.5, 0.6) is 0 Å². The van der Waals surface area contributed by atoms with Gasteiger partial charge in [0.1, 0.15) is 0 Å². The maximum Gasteiger partial charge on any atom is 0.241 e. The van der Waals surface area contributed by atoms with Crippen molar-refractivity contribution < 1.29 is 10.0 Å². The first kappa shape index (κ1) is 8.68. The number of hydrogen-bond donors (Lipinski definition) is 2. The van der Waals surface area contributed by atoms with Gasteiger partial charge >= 0.3 is 0 Å². The van der Waals surface area contributed by atoms with Crippen LogP contribution in [0, 0.1) is 0 Å². The average Bonchev–Trinajstić information content (AvgIpc) is 1.87. The molecule has 0 fully saturated rings. The van der Waals surface area contributed by atoms with Crippen molar-refractivity contribution in [2.75, 3.05) is 0 Å². The Kier molecular flexibility index (Phi) is 3.95. The highest BCUT2D eigenvalue weighted by atomic mass is 16.4. The van der Waals surface area contributed by atoms with Gasteiger partial charge in [-0.15, -0.1) is 0 Å². The first-order valence-electron chi connectivity index (χ1n) is 2.80. The van der Waals surface area contributed by atoms with Gasteiger partial charge in [0.2, 0.25) is 5.91 Å². The van der Waals surface area contributed by atoms with E-state index >= 15 is 0 Å². The van der Waals surface area contributed by atoms with E-state index in [0.717, 1.165) is 0 Å². The van der Waals surface area contributed by atoms with E-state index in [1.165, 1.54) is 12.2 Å². The number of rotatable bonds is 3. The van der Waals surface area contributed by atoms with Crippen LogP contribution < -0.4 is 5.73 Å². The molecule has 10 heavy (non-hydrogen) atoms. The van der Waals surface area contributed by atoms with E-state index in [9.17, 15) is 4.79 Å². The predicted molar refractivity (Wildman–Crippen MR) is 37.8 cm³/mol. The largest absolute Gasteiger partial charge is 0.411 e. The summed E-state index contributed by atoms with van der Waals surface area (Å²) in [7, 11) is 0. The molecule has 4 heteroatoms. The molecule has 56 valence electrons. The minimum atomic E-state index is -0.495. The number of primary amides is 1. The second-order valence-electron chi connectivity index (χ2n) is 1.84. The molecule has 0 spiro atoms. The van der Waals surface area contributed by atoms with Crippen LogP contribution in [0.15, 0.2) is 17.3 Å². The molecule has 0 aliphatic heterocycles. The molecule has 0 aromatic carbocycles. The zero-order chi connectivity index (χ0) is 7.98. The van der Waals surface area contributed by atoms with Gasteiger partial charge in [-0.1, -0.05) is 11.2 Å². The highest BCUT2D eigenvalue weighted by Gasteiger charge is 1.86. The van der Waals surface area contributed by atoms with E-state index in [-0.39, 0.29) is 0 Å². The van der Waals surface area contributed by atoms with Gasteiger partial charge in [-0.3, -0.25) is 4.79 Å². The third kappa shape index (κ3) is 4.83. The van der Waals surface area contributed by atoms with Crippen molar-refractivity contribution in [1.82, 2.24) is 0 Å². The molecule has 1 amide bonds. The molecule has 4 nitrogen and oxygen atoms in total. The Labute approximate surface area is 59.0 Å². The summed E-state index contributed by atoms with van der Waals surface area (Å²) in [5, 5.41) is 11.0. The Hall–Kier alpha value is -1.32. The minimum Gasteiger partial charge on any atom is -0.411 e. The Bertz CT molecular complexity index is 173. The molecule has 0 aliphatic carbocycles. The molecule has 0 aromatic heterocycles.